The predicted molar refractivity (Wildman–Crippen MR) is 92.4 cm³/mol. The lowest BCUT2D eigenvalue weighted by molar-refractivity contribution is 0.203. The molecule has 1 atom stereocenters. The molecule has 1 aromatic rings. The number of rotatable bonds is 10. The highest BCUT2D eigenvalue weighted by atomic mass is 35.5. The van der Waals surface area contributed by atoms with Crippen LogP contribution in [0.25, 0.3) is 0 Å². The molecule has 21 heavy (non-hydrogen) atoms. The van der Waals surface area contributed by atoms with Gasteiger partial charge in [-0.15, -0.1) is 0 Å². The molecule has 0 aliphatic heterocycles. The Hall–Kier alpha value is -0.770. The number of benzene rings is 1. The molecular formula is C17H29ClN2O. The number of ether oxygens (including phenoxy) is 1. The molecule has 1 rings (SSSR count). The summed E-state index contributed by atoms with van der Waals surface area (Å²) in [6.45, 7) is 10.1. The minimum Gasteiger partial charge on any atom is -0.383 e. The molecular weight excluding hydrogens is 284 g/mol. The fraction of sp³-hybridized carbons (Fsp3) is 0.647. The highest BCUT2D eigenvalue weighted by molar-refractivity contribution is 6.33. The van der Waals surface area contributed by atoms with Crippen molar-refractivity contribution in [1.82, 2.24) is 5.32 Å². The first-order valence-electron chi connectivity index (χ1n) is 7.88. The van der Waals surface area contributed by atoms with Gasteiger partial charge >= 0.3 is 0 Å². The average molecular weight is 313 g/mol. The van der Waals surface area contributed by atoms with Gasteiger partial charge in [-0.25, -0.2) is 0 Å². The molecule has 1 unspecified atom stereocenters. The topological polar surface area (TPSA) is 24.5 Å². The number of halogens is 1. The summed E-state index contributed by atoms with van der Waals surface area (Å²) in [5.74, 6) is 0. The Morgan fingerprint density at radius 1 is 1.33 bits per heavy atom. The van der Waals surface area contributed by atoms with E-state index in [2.05, 4.69) is 49.2 Å². The molecule has 4 heteroatoms. The Balaban J connectivity index is 2.83. The Morgan fingerprint density at radius 3 is 2.67 bits per heavy atom. The first-order valence-corrected chi connectivity index (χ1v) is 8.26. The van der Waals surface area contributed by atoms with Crippen LogP contribution in [0.3, 0.4) is 0 Å². The highest BCUT2D eigenvalue weighted by Crippen LogP contribution is 2.29. The molecule has 0 aromatic heterocycles. The van der Waals surface area contributed by atoms with Crippen molar-refractivity contribution < 1.29 is 4.74 Å². The largest absolute Gasteiger partial charge is 0.383 e. The van der Waals surface area contributed by atoms with Gasteiger partial charge in [-0.05, 0) is 44.0 Å². The van der Waals surface area contributed by atoms with Gasteiger partial charge < -0.3 is 15.0 Å². The van der Waals surface area contributed by atoms with Crippen molar-refractivity contribution in [3.05, 3.63) is 28.8 Å². The lowest BCUT2D eigenvalue weighted by Gasteiger charge is -2.31. The van der Waals surface area contributed by atoms with E-state index in [9.17, 15) is 0 Å². The van der Waals surface area contributed by atoms with E-state index in [1.165, 1.54) is 5.56 Å². The van der Waals surface area contributed by atoms with E-state index in [0.717, 1.165) is 43.2 Å². The van der Waals surface area contributed by atoms with E-state index in [4.69, 9.17) is 16.3 Å². The maximum absolute atomic E-state index is 6.51. The molecule has 0 fully saturated rings. The van der Waals surface area contributed by atoms with Crippen LogP contribution in [0.2, 0.25) is 5.02 Å². The van der Waals surface area contributed by atoms with E-state index < -0.39 is 0 Å². The fourth-order valence-corrected chi connectivity index (χ4v) is 2.60. The number of nitrogens with zero attached hydrogens (tertiary/aromatic N) is 1. The molecule has 3 nitrogen and oxygen atoms in total. The van der Waals surface area contributed by atoms with Gasteiger partial charge in [0.05, 0.1) is 17.3 Å². The van der Waals surface area contributed by atoms with Crippen molar-refractivity contribution in [3.8, 4) is 0 Å². The Morgan fingerprint density at radius 2 is 2.10 bits per heavy atom. The third-order valence-corrected chi connectivity index (χ3v) is 4.04. The smallest absolute Gasteiger partial charge is 0.0642 e. The standard InChI is InChI=1S/C17H29ClN2O/c1-5-9-19-13-15-7-8-17(16(18)12-15)20(10-11-21-4)14(3)6-2/h7-8,12,14,19H,5-6,9-11,13H2,1-4H3. The molecule has 0 aliphatic rings. The molecule has 0 heterocycles. The number of hydrogen-bond acceptors (Lipinski definition) is 3. The molecule has 0 aliphatic carbocycles. The van der Waals surface area contributed by atoms with Gasteiger partial charge in [-0.1, -0.05) is 31.5 Å². The minimum atomic E-state index is 0.446. The van der Waals surface area contributed by atoms with Crippen LogP contribution < -0.4 is 10.2 Å². The van der Waals surface area contributed by atoms with E-state index in [1.807, 2.05) is 0 Å². The van der Waals surface area contributed by atoms with Gasteiger partial charge in [0.1, 0.15) is 0 Å². The third kappa shape index (κ3) is 5.85. The van der Waals surface area contributed by atoms with Gasteiger partial charge in [0, 0.05) is 26.2 Å². The normalized spacial score (nSPS) is 12.4. The van der Waals surface area contributed by atoms with E-state index >= 15 is 0 Å². The van der Waals surface area contributed by atoms with Gasteiger partial charge in [0.2, 0.25) is 0 Å². The van der Waals surface area contributed by atoms with Crippen molar-refractivity contribution in [2.75, 3.05) is 31.7 Å². The van der Waals surface area contributed by atoms with Gasteiger partial charge in [-0.2, -0.15) is 0 Å². The summed E-state index contributed by atoms with van der Waals surface area (Å²) < 4.78 is 5.22. The van der Waals surface area contributed by atoms with Crippen LogP contribution in [0.1, 0.15) is 39.2 Å². The van der Waals surface area contributed by atoms with Gasteiger partial charge in [-0.3, -0.25) is 0 Å². The quantitative estimate of drug-likeness (QED) is 0.659. The van der Waals surface area contributed by atoms with Crippen LogP contribution in [0.15, 0.2) is 18.2 Å². The highest BCUT2D eigenvalue weighted by Gasteiger charge is 2.15. The SMILES string of the molecule is CCCNCc1ccc(N(CCOC)C(C)CC)c(Cl)c1. The second kappa shape index (κ2) is 10.0. The zero-order valence-electron chi connectivity index (χ0n) is 13.8. The fourth-order valence-electron chi connectivity index (χ4n) is 2.29. The first-order chi connectivity index (χ1) is 10.1. The maximum atomic E-state index is 6.51. The number of methoxy groups -OCH3 is 1. The van der Waals surface area contributed by atoms with Crippen LogP contribution in [-0.2, 0) is 11.3 Å². The lowest BCUT2D eigenvalue weighted by atomic mass is 10.1. The molecule has 1 aromatic carbocycles. The molecule has 0 spiro atoms. The molecule has 0 radical (unpaired) electrons. The molecule has 0 saturated heterocycles. The van der Waals surface area contributed by atoms with Crippen molar-refractivity contribution in [2.24, 2.45) is 0 Å². The van der Waals surface area contributed by atoms with E-state index in [1.54, 1.807) is 7.11 Å². The second-order valence-electron chi connectivity index (χ2n) is 5.41. The number of nitrogens with one attached hydrogen (secondary N) is 1. The molecule has 1 N–H and O–H groups in total. The van der Waals surface area contributed by atoms with Crippen LogP contribution in [0.5, 0.6) is 0 Å². The zero-order chi connectivity index (χ0) is 15.7. The molecule has 0 bridgehead atoms. The van der Waals surface area contributed by atoms with Crippen molar-refractivity contribution in [1.29, 1.82) is 0 Å². The minimum absolute atomic E-state index is 0.446. The summed E-state index contributed by atoms with van der Waals surface area (Å²) in [6, 6.07) is 6.81. The molecule has 0 saturated carbocycles. The summed E-state index contributed by atoms with van der Waals surface area (Å²) in [6.07, 6.45) is 2.23. The van der Waals surface area contributed by atoms with Crippen molar-refractivity contribution in [2.45, 2.75) is 46.2 Å². The second-order valence-corrected chi connectivity index (χ2v) is 5.81. The first kappa shape index (κ1) is 18.3. The molecule has 0 amide bonds. The summed E-state index contributed by atoms with van der Waals surface area (Å²) in [7, 11) is 1.74. The number of anilines is 1. The lowest BCUT2D eigenvalue weighted by Crippen LogP contribution is -2.35. The Labute approximate surface area is 134 Å². The van der Waals surface area contributed by atoms with E-state index in [0.29, 0.717) is 12.6 Å². The predicted octanol–water partition coefficient (Wildman–Crippen LogP) is 4.09. The Bertz CT molecular complexity index is 412. The summed E-state index contributed by atoms with van der Waals surface area (Å²) >= 11 is 6.51. The zero-order valence-corrected chi connectivity index (χ0v) is 14.5. The van der Waals surface area contributed by atoms with Crippen LogP contribution in [0, 0.1) is 0 Å². The monoisotopic (exact) mass is 312 g/mol. The Kier molecular flexibility index (Phi) is 8.74. The summed E-state index contributed by atoms with van der Waals surface area (Å²) in [5, 5.41) is 4.22. The van der Waals surface area contributed by atoms with Crippen molar-refractivity contribution >= 4 is 17.3 Å². The third-order valence-electron chi connectivity index (χ3n) is 3.74. The van der Waals surface area contributed by atoms with Crippen LogP contribution in [0.4, 0.5) is 5.69 Å². The van der Waals surface area contributed by atoms with Gasteiger partial charge in [0.25, 0.3) is 0 Å². The molecule has 120 valence electrons. The maximum Gasteiger partial charge on any atom is 0.0642 e. The van der Waals surface area contributed by atoms with Crippen LogP contribution >= 0.6 is 11.6 Å². The van der Waals surface area contributed by atoms with Crippen molar-refractivity contribution in [3.63, 3.8) is 0 Å². The average Bonchev–Trinajstić information content (AvgIpc) is 2.49. The van der Waals surface area contributed by atoms with Gasteiger partial charge in [0.15, 0.2) is 0 Å². The summed E-state index contributed by atoms with van der Waals surface area (Å²) in [5.41, 5.74) is 2.33. The summed E-state index contributed by atoms with van der Waals surface area (Å²) in [4.78, 5) is 2.33. The van der Waals surface area contributed by atoms with Crippen LogP contribution in [-0.4, -0.2) is 32.8 Å². The van der Waals surface area contributed by atoms with E-state index in [-0.39, 0.29) is 0 Å². The number of hydrogen-bond donors (Lipinski definition) is 1.